The van der Waals surface area contributed by atoms with E-state index in [0.717, 1.165) is 19.3 Å². The van der Waals surface area contributed by atoms with Crippen molar-refractivity contribution in [1.29, 1.82) is 0 Å². The molecule has 0 spiro atoms. The van der Waals surface area contributed by atoms with E-state index in [-0.39, 0.29) is 23.6 Å². The molecule has 3 N–H and O–H groups in total. The van der Waals surface area contributed by atoms with Crippen LogP contribution in [0.25, 0.3) is 10.9 Å². The van der Waals surface area contributed by atoms with Crippen LogP contribution in [0.15, 0.2) is 16.9 Å². The van der Waals surface area contributed by atoms with Crippen LogP contribution in [-0.2, 0) is 0 Å². The highest BCUT2D eigenvalue weighted by Crippen LogP contribution is 2.52. The zero-order chi connectivity index (χ0) is 20.5. The fourth-order valence-corrected chi connectivity index (χ4v) is 5.63. The van der Waals surface area contributed by atoms with E-state index < -0.39 is 17.3 Å². The Labute approximate surface area is 166 Å². The number of nitrogens with two attached hydrogens (primary N) is 1. The maximum Gasteiger partial charge on any atom is 0.341 e. The molecule has 1 saturated heterocycles. The van der Waals surface area contributed by atoms with Crippen LogP contribution in [0.5, 0.6) is 5.75 Å². The summed E-state index contributed by atoms with van der Waals surface area (Å²) in [5.74, 6) is -1.02. The Kier molecular flexibility index (Phi) is 3.93. The van der Waals surface area contributed by atoms with Crippen molar-refractivity contribution in [3.8, 4) is 5.75 Å². The molecular formula is C21H24FN3O4. The van der Waals surface area contributed by atoms with E-state index in [9.17, 15) is 14.7 Å². The summed E-state index contributed by atoms with van der Waals surface area (Å²) in [5, 5.41) is 9.76. The highest BCUT2D eigenvalue weighted by molar-refractivity contribution is 5.97. The number of anilines is 1. The van der Waals surface area contributed by atoms with Crippen molar-refractivity contribution in [3.63, 3.8) is 0 Å². The normalized spacial score (nSPS) is 27.9. The monoisotopic (exact) mass is 401 g/mol. The summed E-state index contributed by atoms with van der Waals surface area (Å²) in [5.41, 5.74) is 6.00. The lowest BCUT2D eigenvalue weighted by Gasteiger charge is -2.32. The van der Waals surface area contributed by atoms with E-state index in [1.54, 1.807) is 6.92 Å². The number of halogens is 1. The fraction of sp³-hybridized carbons (Fsp3) is 0.524. The number of nitrogens with zero attached hydrogens (tertiary/aromatic N) is 2. The number of rotatable bonds is 3. The number of hydrogen-bond donors (Lipinski definition) is 2. The van der Waals surface area contributed by atoms with Gasteiger partial charge in [0.25, 0.3) is 5.56 Å². The van der Waals surface area contributed by atoms with Crippen molar-refractivity contribution >= 4 is 22.6 Å². The van der Waals surface area contributed by atoms with Crippen molar-refractivity contribution in [2.75, 3.05) is 31.1 Å². The molecule has 1 saturated carbocycles. The second kappa shape index (κ2) is 6.19. The minimum Gasteiger partial charge on any atom is -0.487 e. The minimum atomic E-state index is -1.32. The van der Waals surface area contributed by atoms with E-state index in [4.69, 9.17) is 10.5 Å². The first-order valence-corrected chi connectivity index (χ1v) is 10.1. The average molecular weight is 401 g/mol. The summed E-state index contributed by atoms with van der Waals surface area (Å²) in [6.07, 6.45) is 3.27. The summed E-state index contributed by atoms with van der Waals surface area (Å²) in [4.78, 5) is 26.4. The van der Waals surface area contributed by atoms with Crippen LogP contribution in [0.4, 0.5) is 10.1 Å². The molecular weight excluding hydrogens is 377 g/mol. The number of carbonyl (C=O) groups is 1. The summed E-state index contributed by atoms with van der Waals surface area (Å²) >= 11 is 0. The Morgan fingerprint density at radius 2 is 2.24 bits per heavy atom. The van der Waals surface area contributed by atoms with Gasteiger partial charge in [0.1, 0.15) is 17.9 Å². The molecule has 29 heavy (non-hydrogen) atoms. The van der Waals surface area contributed by atoms with Gasteiger partial charge in [-0.05, 0) is 44.4 Å². The van der Waals surface area contributed by atoms with E-state index in [1.165, 1.54) is 16.7 Å². The van der Waals surface area contributed by atoms with E-state index >= 15 is 4.39 Å². The quantitative estimate of drug-likeness (QED) is 0.819. The number of aromatic carboxylic acids is 1. The zero-order valence-corrected chi connectivity index (χ0v) is 16.3. The highest BCUT2D eigenvalue weighted by atomic mass is 19.1. The first kappa shape index (κ1) is 18.4. The molecule has 0 bridgehead atoms. The van der Waals surface area contributed by atoms with Crippen LogP contribution in [0.1, 0.15) is 42.6 Å². The SMILES string of the molecule is C[C@H]1COc2c(N3CC4CCCC4(CN)C3)c(F)cc3cc(C(=O)O)c(=O)n1c23. The Bertz CT molecular complexity index is 1100. The second-order valence-electron chi connectivity index (χ2n) is 8.71. The van der Waals surface area contributed by atoms with Crippen molar-refractivity contribution in [3.05, 3.63) is 33.9 Å². The second-order valence-corrected chi connectivity index (χ2v) is 8.71. The molecule has 1 aliphatic carbocycles. The van der Waals surface area contributed by atoms with Gasteiger partial charge in [0.2, 0.25) is 0 Å². The Morgan fingerprint density at radius 1 is 1.45 bits per heavy atom. The number of benzene rings is 1. The predicted octanol–water partition coefficient (Wildman–Crippen LogP) is 2.36. The van der Waals surface area contributed by atoms with Gasteiger partial charge >= 0.3 is 5.97 Å². The standard InChI is InChI=1S/C21H24FN3O4/c1-11-8-29-18-16-12(5-14(20(27)28)19(26)25(11)16)6-15(22)17(18)24-7-13-3-2-4-21(13,9-23)10-24/h5-6,11,13H,2-4,7-10,23H2,1H3,(H,27,28)/t11-,13?,21?/m0/s1. The van der Waals surface area contributed by atoms with Gasteiger partial charge < -0.3 is 20.5 Å². The van der Waals surface area contributed by atoms with Crippen molar-refractivity contribution in [2.45, 2.75) is 32.2 Å². The van der Waals surface area contributed by atoms with Gasteiger partial charge in [-0.25, -0.2) is 9.18 Å². The van der Waals surface area contributed by atoms with Gasteiger partial charge in [-0.15, -0.1) is 0 Å². The maximum atomic E-state index is 15.3. The van der Waals surface area contributed by atoms with Crippen molar-refractivity contribution in [1.82, 2.24) is 4.57 Å². The smallest absolute Gasteiger partial charge is 0.341 e. The lowest BCUT2D eigenvalue weighted by atomic mass is 9.81. The van der Waals surface area contributed by atoms with Gasteiger partial charge in [-0.2, -0.15) is 0 Å². The largest absolute Gasteiger partial charge is 0.487 e. The molecule has 3 atom stereocenters. The number of aromatic nitrogens is 1. The zero-order valence-electron chi connectivity index (χ0n) is 16.3. The van der Waals surface area contributed by atoms with Gasteiger partial charge in [0, 0.05) is 23.9 Å². The Hall–Kier alpha value is -2.61. The van der Waals surface area contributed by atoms with Gasteiger partial charge in [-0.1, -0.05) is 6.42 Å². The number of pyridine rings is 1. The molecule has 0 radical (unpaired) electrons. The molecule has 3 heterocycles. The molecule has 2 aromatic rings. The van der Waals surface area contributed by atoms with Crippen LogP contribution < -0.4 is 20.9 Å². The number of carboxylic acid groups (broad SMARTS) is 1. The first-order chi connectivity index (χ1) is 13.9. The third kappa shape index (κ3) is 2.44. The summed E-state index contributed by atoms with van der Waals surface area (Å²) in [6.45, 7) is 3.93. The van der Waals surface area contributed by atoms with Crippen molar-refractivity contribution in [2.24, 2.45) is 17.1 Å². The molecule has 154 valence electrons. The van der Waals surface area contributed by atoms with Crippen molar-refractivity contribution < 1.29 is 19.0 Å². The molecule has 3 aliphatic rings. The number of hydrogen-bond acceptors (Lipinski definition) is 5. The lowest BCUT2D eigenvalue weighted by molar-refractivity contribution is 0.0694. The topological polar surface area (TPSA) is 97.8 Å². The number of carboxylic acids is 1. The van der Waals surface area contributed by atoms with Gasteiger partial charge in [-0.3, -0.25) is 9.36 Å². The first-order valence-electron chi connectivity index (χ1n) is 10.1. The van der Waals surface area contributed by atoms with E-state index in [2.05, 4.69) is 0 Å². The predicted molar refractivity (Wildman–Crippen MR) is 106 cm³/mol. The van der Waals surface area contributed by atoms with Crippen LogP contribution in [0, 0.1) is 17.2 Å². The van der Waals surface area contributed by atoms with Crippen LogP contribution in [-0.4, -0.2) is 41.9 Å². The molecule has 5 rings (SSSR count). The molecule has 2 aliphatic heterocycles. The summed E-state index contributed by atoms with van der Waals surface area (Å²) in [7, 11) is 0. The number of fused-ring (bicyclic) bond motifs is 1. The Morgan fingerprint density at radius 3 is 2.93 bits per heavy atom. The maximum absolute atomic E-state index is 15.3. The van der Waals surface area contributed by atoms with E-state index in [1.807, 2.05) is 4.90 Å². The molecule has 8 heteroatoms. The molecule has 7 nitrogen and oxygen atoms in total. The molecule has 2 fully saturated rings. The molecule has 1 aromatic carbocycles. The third-order valence-corrected chi connectivity index (χ3v) is 7.10. The lowest BCUT2D eigenvalue weighted by Crippen LogP contribution is -2.36. The summed E-state index contributed by atoms with van der Waals surface area (Å²) < 4.78 is 22.7. The van der Waals surface area contributed by atoms with Crippen LogP contribution in [0.2, 0.25) is 0 Å². The molecule has 0 amide bonds. The van der Waals surface area contributed by atoms with E-state index in [0.29, 0.717) is 47.9 Å². The molecule has 1 aromatic heterocycles. The Balaban J connectivity index is 1.73. The highest BCUT2D eigenvalue weighted by Gasteiger charge is 2.49. The minimum absolute atomic E-state index is 0.00288. The molecule has 2 unspecified atom stereocenters. The average Bonchev–Trinajstić information content (AvgIpc) is 3.22. The van der Waals surface area contributed by atoms with Gasteiger partial charge in [0.05, 0.1) is 11.6 Å². The van der Waals surface area contributed by atoms with Gasteiger partial charge in [0.15, 0.2) is 11.6 Å². The third-order valence-electron chi connectivity index (χ3n) is 7.10. The fourth-order valence-electron chi connectivity index (χ4n) is 5.63. The summed E-state index contributed by atoms with van der Waals surface area (Å²) in [6, 6.07) is 2.22. The number of ether oxygens (including phenoxy) is 1. The van der Waals surface area contributed by atoms with Crippen LogP contribution in [0.3, 0.4) is 0 Å². The van der Waals surface area contributed by atoms with Crippen LogP contribution >= 0.6 is 0 Å².